The van der Waals surface area contributed by atoms with E-state index in [9.17, 15) is 19.2 Å². The van der Waals surface area contributed by atoms with E-state index in [1.165, 1.54) is 31.4 Å². The fourth-order valence-electron chi connectivity index (χ4n) is 3.15. The second-order valence-electron chi connectivity index (χ2n) is 7.34. The van der Waals surface area contributed by atoms with Crippen LogP contribution in [0.15, 0.2) is 70.7 Å². The van der Waals surface area contributed by atoms with Crippen LogP contribution in [0.5, 0.6) is 11.5 Å². The molecule has 0 heterocycles. The topological polar surface area (TPSA) is 97.7 Å². The summed E-state index contributed by atoms with van der Waals surface area (Å²) in [6.45, 7) is 1.95. The zero-order valence-electron chi connectivity index (χ0n) is 19.5. The molecule has 36 heavy (non-hydrogen) atoms. The smallest absolute Gasteiger partial charge is 0.338 e. The van der Waals surface area contributed by atoms with Crippen molar-refractivity contribution in [1.29, 1.82) is 5.26 Å². The minimum atomic E-state index is -0.628. The number of hydrogen-bond donors (Lipinski definition) is 1. The molecule has 0 atom stereocenters. The molecule has 0 saturated heterocycles. The summed E-state index contributed by atoms with van der Waals surface area (Å²) in [7, 11) is 1.45. The fraction of sp³-hybridized carbons (Fsp3) is 0.148. The van der Waals surface area contributed by atoms with Gasteiger partial charge in [-0.3, -0.25) is 4.79 Å². The number of nitrogens with one attached hydrogen (secondary N) is 1. The number of anilines is 1. The third-order valence-electron chi connectivity index (χ3n) is 4.91. The van der Waals surface area contributed by atoms with Gasteiger partial charge in [0.25, 0.3) is 5.91 Å². The highest BCUT2D eigenvalue weighted by Gasteiger charge is 2.15. The zero-order chi connectivity index (χ0) is 26.1. The van der Waals surface area contributed by atoms with Gasteiger partial charge in [0.1, 0.15) is 24.1 Å². The summed E-state index contributed by atoms with van der Waals surface area (Å²) in [4.78, 5) is 24.4. The number of nitrogens with zero attached hydrogens (tertiary/aromatic N) is 1. The zero-order valence-corrected chi connectivity index (χ0v) is 21.1. The van der Waals surface area contributed by atoms with Gasteiger partial charge in [-0.2, -0.15) is 5.26 Å². The van der Waals surface area contributed by atoms with Crippen LogP contribution in [0.25, 0.3) is 6.08 Å². The number of amides is 1. The monoisotopic (exact) mass is 552 g/mol. The Morgan fingerprint density at radius 1 is 1.14 bits per heavy atom. The number of halogens is 2. The molecule has 0 aliphatic rings. The van der Waals surface area contributed by atoms with Gasteiger partial charge in [0.15, 0.2) is 11.5 Å². The first-order valence-electron chi connectivity index (χ1n) is 10.8. The molecule has 0 aliphatic heterocycles. The molecule has 7 nitrogen and oxygen atoms in total. The molecule has 0 aliphatic carbocycles. The van der Waals surface area contributed by atoms with Crippen molar-refractivity contribution in [3.8, 4) is 17.6 Å². The van der Waals surface area contributed by atoms with Gasteiger partial charge in [-0.25, -0.2) is 9.18 Å². The van der Waals surface area contributed by atoms with Crippen molar-refractivity contribution in [2.45, 2.75) is 13.5 Å². The van der Waals surface area contributed by atoms with Crippen LogP contribution in [0.3, 0.4) is 0 Å². The average molecular weight is 553 g/mol. The van der Waals surface area contributed by atoms with Gasteiger partial charge >= 0.3 is 5.97 Å². The number of rotatable bonds is 9. The van der Waals surface area contributed by atoms with Crippen molar-refractivity contribution in [2.24, 2.45) is 0 Å². The Labute approximate surface area is 216 Å². The Kier molecular flexibility index (Phi) is 9.19. The lowest BCUT2D eigenvalue weighted by atomic mass is 10.1. The summed E-state index contributed by atoms with van der Waals surface area (Å²) in [6.07, 6.45) is 1.40. The van der Waals surface area contributed by atoms with Crippen molar-refractivity contribution >= 4 is 39.6 Å². The summed E-state index contributed by atoms with van der Waals surface area (Å²) in [6, 6.07) is 17.5. The number of carbonyl (C=O) groups excluding carboxylic acids is 2. The molecule has 0 unspecified atom stereocenters. The number of methoxy groups -OCH3 is 1. The van der Waals surface area contributed by atoms with Gasteiger partial charge in [-0.15, -0.1) is 0 Å². The first-order chi connectivity index (χ1) is 17.4. The van der Waals surface area contributed by atoms with Crippen LogP contribution in [0.1, 0.15) is 28.4 Å². The number of hydrogen-bond acceptors (Lipinski definition) is 6. The van der Waals surface area contributed by atoms with Gasteiger partial charge in [0.05, 0.1) is 23.8 Å². The highest BCUT2D eigenvalue weighted by Crippen LogP contribution is 2.38. The molecular weight excluding hydrogens is 531 g/mol. The lowest BCUT2D eigenvalue weighted by molar-refractivity contribution is -0.112. The van der Waals surface area contributed by atoms with Crippen LogP contribution in [0.2, 0.25) is 0 Å². The molecule has 1 N–H and O–H groups in total. The first kappa shape index (κ1) is 26.4. The van der Waals surface area contributed by atoms with Crippen molar-refractivity contribution in [3.63, 3.8) is 0 Å². The van der Waals surface area contributed by atoms with Crippen LogP contribution < -0.4 is 14.8 Å². The predicted molar refractivity (Wildman–Crippen MR) is 136 cm³/mol. The summed E-state index contributed by atoms with van der Waals surface area (Å²) >= 11 is 3.41. The maximum absolute atomic E-state index is 13.9. The van der Waals surface area contributed by atoms with Crippen LogP contribution in [-0.4, -0.2) is 25.6 Å². The van der Waals surface area contributed by atoms with E-state index in [4.69, 9.17) is 14.2 Å². The molecule has 0 aromatic heterocycles. The van der Waals surface area contributed by atoms with E-state index >= 15 is 0 Å². The summed E-state index contributed by atoms with van der Waals surface area (Å²) in [5.41, 5.74) is 1.49. The molecule has 3 rings (SSSR count). The number of carbonyl (C=O) groups is 2. The van der Waals surface area contributed by atoms with E-state index in [0.717, 1.165) is 0 Å². The van der Waals surface area contributed by atoms with E-state index < -0.39 is 11.9 Å². The van der Waals surface area contributed by atoms with Gasteiger partial charge < -0.3 is 19.5 Å². The fourth-order valence-corrected chi connectivity index (χ4v) is 3.72. The van der Waals surface area contributed by atoms with Crippen molar-refractivity contribution in [2.75, 3.05) is 19.0 Å². The third kappa shape index (κ3) is 6.71. The van der Waals surface area contributed by atoms with Gasteiger partial charge in [-0.05, 0) is 77.0 Å². The Balaban J connectivity index is 1.77. The Bertz CT molecular complexity index is 1330. The number of nitriles is 1. The SMILES string of the molecule is CCOC(=O)c1ccc(NC(=O)/C(C#N)=C/c2cc(Br)c(OCc3ccccc3F)c(OC)c2)cc1. The molecule has 0 bridgehead atoms. The average Bonchev–Trinajstić information content (AvgIpc) is 2.87. The van der Waals surface area contributed by atoms with Crippen LogP contribution in [-0.2, 0) is 16.1 Å². The summed E-state index contributed by atoms with van der Waals surface area (Å²) < 4.78 is 30.5. The number of esters is 1. The van der Waals surface area contributed by atoms with E-state index in [0.29, 0.717) is 38.3 Å². The van der Waals surface area contributed by atoms with Crippen molar-refractivity contribution in [1.82, 2.24) is 0 Å². The molecule has 3 aromatic rings. The van der Waals surface area contributed by atoms with Crippen LogP contribution >= 0.6 is 15.9 Å². The Morgan fingerprint density at radius 3 is 2.50 bits per heavy atom. The normalized spacial score (nSPS) is 10.8. The van der Waals surface area contributed by atoms with Crippen molar-refractivity contribution in [3.05, 3.63) is 93.2 Å². The van der Waals surface area contributed by atoms with Crippen LogP contribution in [0.4, 0.5) is 10.1 Å². The van der Waals surface area contributed by atoms with E-state index in [1.54, 1.807) is 49.4 Å². The van der Waals surface area contributed by atoms with Gasteiger partial charge in [-0.1, -0.05) is 18.2 Å². The largest absolute Gasteiger partial charge is 0.493 e. The molecule has 1 amide bonds. The molecule has 0 spiro atoms. The maximum atomic E-state index is 13.9. The van der Waals surface area contributed by atoms with E-state index in [2.05, 4.69) is 21.2 Å². The lowest BCUT2D eigenvalue weighted by Crippen LogP contribution is -2.13. The molecular formula is C27H22BrFN2O5. The first-order valence-corrected chi connectivity index (χ1v) is 11.6. The molecule has 0 saturated carbocycles. The second kappa shape index (κ2) is 12.5. The molecule has 9 heteroatoms. The van der Waals surface area contributed by atoms with E-state index in [1.807, 2.05) is 6.07 Å². The molecule has 0 fully saturated rings. The molecule has 184 valence electrons. The second-order valence-corrected chi connectivity index (χ2v) is 8.19. The third-order valence-corrected chi connectivity index (χ3v) is 5.50. The number of benzene rings is 3. The lowest BCUT2D eigenvalue weighted by Gasteiger charge is -2.14. The van der Waals surface area contributed by atoms with E-state index in [-0.39, 0.29) is 24.6 Å². The summed E-state index contributed by atoms with van der Waals surface area (Å²) in [5, 5.41) is 12.2. The Hall–Kier alpha value is -4.16. The van der Waals surface area contributed by atoms with Crippen molar-refractivity contribution < 1.29 is 28.2 Å². The summed E-state index contributed by atoms with van der Waals surface area (Å²) in [5.74, 6) is -0.792. The minimum Gasteiger partial charge on any atom is -0.493 e. The van der Waals surface area contributed by atoms with Crippen LogP contribution in [0, 0.1) is 17.1 Å². The highest BCUT2D eigenvalue weighted by atomic mass is 79.9. The quantitative estimate of drug-likeness (QED) is 0.201. The van der Waals surface area contributed by atoms with Gasteiger partial charge in [0.2, 0.25) is 0 Å². The van der Waals surface area contributed by atoms with Gasteiger partial charge in [0, 0.05) is 11.3 Å². The molecule has 3 aromatic carbocycles. The highest BCUT2D eigenvalue weighted by molar-refractivity contribution is 9.10. The maximum Gasteiger partial charge on any atom is 0.338 e. The number of ether oxygens (including phenoxy) is 3. The predicted octanol–water partition coefficient (Wildman–Crippen LogP) is 5.90. The standard InChI is InChI=1S/C27H22BrFN2O5/c1-3-35-27(33)18-8-10-21(11-9-18)31-26(32)20(15-30)12-17-13-22(28)25(24(14-17)34-2)36-16-19-6-4-5-7-23(19)29/h4-14H,3,16H2,1-2H3,(H,31,32)/b20-12+. The minimum absolute atomic E-state index is 0.0162. The Morgan fingerprint density at radius 2 is 1.86 bits per heavy atom. The molecule has 0 radical (unpaired) electrons.